The van der Waals surface area contributed by atoms with E-state index in [0.29, 0.717) is 11.7 Å². The van der Waals surface area contributed by atoms with Crippen LogP contribution in [0.3, 0.4) is 0 Å². The van der Waals surface area contributed by atoms with Gasteiger partial charge in [0.15, 0.2) is 0 Å². The first-order valence-corrected chi connectivity index (χ1v) is 6.39. The predicted molar refractivity (Wildman–Crippen MR) is 72.1 cm³/mol. The largest absolute Gasteiger partial charge is 0.492 e. The van der Waals surface area contributed by atoms with E-state index in [1.165, 1.54) is 0 Å². The van der Waals surface area contributed by atoms with E-state index in [4.69, 9.17) is 15.9 Å². The van der Waals surface area contributed by atoms with E-state index < -0.39 is 24.5 Å². The highest BCUT2D eigenvalue weighted by molar-refractivity contribution is 5.80. The lowest BCUT2D eigenvalue weighted by Crippen LogP contribution is -2.39. The molecule has 112 valence electrons. The zero-order valence-corrected chi connectivity index (χ0v) is 11.5. The molecule has 0 aliphatic carbocycles. The van der Waals surface area contributed by atoms with E-state index in [-0.39, 0.29) is 0 Å². The van der Waals surface area contributed by atoms with E-state index in [9.17, 15) is 13.2 Å². The molecule has 3 nitrogen and oxygen atoms in total. The third-order valence-electron chi connectivity index (χ3n) is 3.25. The Balaban J connectivity index is 2.67. The van der Waals surface area contributed by atoms with Crippen LogP contribution in [0.2, 0.25) is 0 Å². The first-order chi connectivity index (χ1) is 9.25. The first kappa shape index (κ1) is 16.3. The summed E-state index contributed by atoms with van der Waals surface area (Å²) in [6, 6.07) is 6.93. The molecule has 6 heteroatoms. The molecule has 0 saturated heterocycles. The highest BCUT2D eigenvalue weighted by Crippen LogP contribution is 2.27. The maximum absolute atomic E-state index is 12.6. The number of amidine groups is 1. The number of nitrogens with two attached hydrogens (primary N) is 1. The van der Waals surface area contributed by atoms with Gasteiger partial charge in [0.2, 0.25) is 0 Å². The third-order valence-corrected chi connectivity index (χ3v) is 3.25. The van der Waals surface area contributed by atoms with Crippen molar-refractivity contribution in [1.82, 2.24) is 0 Å². The summed E-state index contributed by atoms with van der Waals surface area (Å²) in [7, 11) is 0. The highest BCUT2D eigenvalue weighted by atomic mass is 19.4. The van der Waals surface area contributed by atoms with Crippen molar-refractivity contribution in [1.29, 1.82) is 5.41 Å². The van der Waals surface area contributed by atoms with Crippen molar-refractivity contribution in [3.05, 3.63) is 29.8 Å². The van der Waals surface area contributed by atoms with Crippen LogP contribution in [0, 0.1) is 11.3 Å². The zero-order chi connectivity index (χ0) is 15.3. The fourth-order valence-electron chi connectivity index (χ4n) is 1.67. The average molecular weight is 288 g/mol. The summed E-state index contributed by atoms with van der Waals surface area (Å²) < 4.78 is 42.8. The maximum Gasteiger partial charge on any atom is 0.401 e. The van der Waals surface area contributed by atoms with Gasteiger partial charge in [-0.25, -0.2) is 0 Å². The van der Waals surface area contributed by atoms with Crippen molar-refractivity contribution in [2.24, 2.45) is 11.7 Å². The summed E-state index contributed by atoms with van der Waals surface area (Å²) in [4.78, 5) is 0. The van der Waals surface area contributed by atoms with E-state index >= 15 is 0 Å². The quantitative estimate of drug-likeness (QED) is 0.619. The van der Waals surface area contributed by atoms with Crippen molar-refractivity contribution in [2.45, 2.75) is 32.4 Å². The van der Waals surface area contributed by atoms with Gasteiger partial charge in [-0.05, 0) is 30.0 Å². The van der Waals surface area contributed by atoms with Gasteiger partial charge in [0.05, 0.1) is 0 Å². The highest BCUT2D eigenvalue weighted by Gasteiger charge is 2.42. The molecule has 0 aromatic heterocycles. The monoisotopic (exact) mass is 288 g/mol. The summed E-state index contributed by atoms with van der Waals surface area (Å²) in [6.07, 6.45) is -3.58. The van der Waals surface area contributed by atoms with Crippen molar-refractivity contribution in [2.75, 3.05) is 6.61 Å². The molecular formula is C14H19F3N2O. The van der Waals surface area contributed by atoms with Gasteiger partial charge < -0.3 is 10.5 Å². The molecule has 2 unspecified atom stereocenters. The lowest BCUT2D eigenvalue weighted by Gasteiger charge is -2.19. The van der Waals surface area contributed by atoms with Crippen molar-refractivity contribution in [3.8, 4) is 5.75 Å². The Hall–Kier alpha value is -1.72. The van der Waals surface area contributed by atoms with E-state index in [1.54, 1.807) is 12.1 Å². The van der Waals surface area contributed by atoms with Crippen LogP contribution in [-0.2, 0) is 0 Å². The third kappa shape index (κ3) is 4.43. The van der Waals surface area contributed by atoms with Gasteiger partial charge in [0.25, 0.3) is 0 Å². The number of rotatable bonds is 6. The first-order valence-electron chi connectivity index (χ1n) is 6.39. The van der Waals surface area contributed by atoms with Crippen LogP contribution in [0.5, 0.6) is 5.75 Å². The van der Waals surface area contributed by atoms with Crippen molar-refractivity contribution in [3.63, 3.8) is 0 Å². The molecule has 1 aromatic carbocycles. The fraction of sp³-hybridized carbons (Fsp3) is 0.500. The summed E-state index contributed by atoms with van der Waals surface area (Å²) in [5.41, 5.74) is 6.06. The molecule has 0 saturated carbocycles. The van der Waals surface area contributed by atoms with E-state index in [0.717, 1.165) is 12.0 Å². The number of halogens is 3. The van der Waals surface area contributed by atoms with Crippen LogP contribution in [0.1, 0.15) is 31.7 Å². The molecule has 0 amide bonds. The van der Waals surface area contributed by atoms with Gasteiger partial charge in [0.1, 0.15) is 24.1 Å². The number of benzene rings is 1. The number of nitrogens with one attached hydrogen (secondary N) is 1. The van der Waals surface area contributed by atoms with Crippen molar-refractivity contribution >= 4 is 5.84 Å². The second-order valence-corrected chi connectivity index (χ2v) is 4.74. The van der Waals surface area contributed by atoms with Gasteiger partial charge in [0, 0.05) is 0 Å². The second kappa shape index (κ2) is 6.63. The summed E-state index contributed by atoms with van der Waals surface area (Å²) in [6.45, 7) is 3.46. The molecule has 0 aliphatic rings. The van der Waals surface area contributed by atoms with Crippen molar-refractivity contribution < 1.29 is 17.9 Å². The van der Waals surface area contributed by atoms with Crippen LogP contribution >= 0.6 is 0 Å². The van der Waals surface area contributed by atoms with Crippen LogP contribution in [0.25, 0.3) is 0 Å². The van der Waals surface area contributed by atoms with Crippen LogP contribution in [-0.4, -0.2) is 18.6 Å². The molecule has 0 aliphatic heterocycles. The standard InChI is InChI=1S/C14H19F3N2O/c1-3-9(2)10-4-6-11(7-5-10)20-8-12(13(18)19)14(15,16)17/h4-7,9,12H,3,8H2,1-2H3,(H3,18,19). The minimum Gasteiger partial charge on any atom is -0.492 e. The Morgan fingerprint density at radius 3 is 2.25 bits per heavy atom. The molecule has 0 bridgehead atoms. The normalized spacial score (nSPS) is 14.7. The van der Waals surface area contributed by atoms with Crippen LogP contribution < -0.4 is 10.5 Å². The minimum atomic E-state index is -4.57. The predicted octanol–water partition coefficient (Wildman–Crippen LogP) is 3.69. The molecule has 0 heterocycles. The molecule has 2 atom stereocenters. The summed E-state index contributed by atoms with van der Waals surface area (Å²) in [5, 5.41) is 6.97. The second-order valence-electron chi connectivity index (χ2n) is 4.74. The number of hydrogen-bond acceptors (Lipinski definition) is 2. The molecule has 0 fully saturated rings. The molecule has 20 heavy (non-hydrogen) atoms. The summed E-state index contributed by atoms with van der Waals surface area (Å²) in [5.74, 6) is -2.28. The molecule has 3 N–H and O–H groups in total. The summed E-state index contributed by atoms with van der Waals surface area (Å²) >= 11 is 0. The van der Waals surface area contributed by atoms with Gasteiger partial charge in [-0.2, -0.15) is 13.2 Å². The Morgan fingerprint density at radius 1 is 1.30 bits per heavy atom. The van der Waals surface area contributed by atoms with Crippen LogP contribution in [0.15, 0.2) is 24.3 Å². The molecule has 1 rings (SSSR count). The lowest BCUT2D eigenvalue weighted by molar-refractivity contribution is -0.162. The Morgan fingerprint density at radius 2 is 1.85 bits per heavy atom. The maximum atomic E-state index is 12.6. The Kier molecular flexibility index (Phi) is 5.42. The van der Waals surface area contributed by atoms with Gasteiger partial charge >= 0.3 is 6.18 Å². The number of hydrogen-bond donors (Lipinski definition) is 2. The number of alkyl halides is 3. The smallest absolute Gasteiger partial charge is 0.401 e. The zero-order valence-electron chi connectivity index (χ0n) is 11.5. The molecule has 1 aromatic rings. The molecule has 0 radical (unpaired) electrons. The SMILES string of the molecule is CCC(C)c1ccc(OCC(C(=N)N)C(F)(F)F)cc1. The van der Waals surface area contributed by atoms with E-state index in [1.807, 2.05) is 12.1 Å². The van der Waals surface area contributed by atoms with E-state index in [2.05, 4.69) is 13.8 Å². The fourth-order valence-corrected chi connectivity index (χ4v) is 1.67. The topological polar surface area (TPSA) is 59.1 Å². The Bertz CT molecular complexity index is 443. The lowest BCUT2D eigenvalue weighted by atomic mass is 9.99. The van der Waals surface area contributed by atoms with Crippen LogP contribution in [0.4, 0.5) is 13.2 Å². The van der Waals surface area contributed by atoms with Gasteiger partial charge in [-0.3, -0.25) is 5.41 Å². The minimum absolute atomic E-state index is 0.340. The van der Waals surface area contributed by atoms with Gasteiger partial charge in [-0.1, -0.05) is 26.0 Å². The average Bonchev–Trinajstić information content (AvgIpc) is 2.36. The molecule has 0 spiro atoms. The number of ether oxygens (including phenoxy) is 1. The van der Waals surface area contributed by atoms with Gasteiger partial charge in [-0.15, -0.1) is 0 Å². The Labute approximate surface area is 116 Å². The molecular weight excluding hydrogens is 269 g/mol.